The summed E-state index contributed by atoms with van der Waals surface area (Å²) >= 11 is 1.54. The molecule has 2 N–H and O–H groups in total. The molecule has 0 saturated heterocycles. The van der Waals surface area contributed by atoms with Crippen LogP contribution in [0.2, 0.25) is 0 Å². The number of hydrogen-bond donors (Lipinski definition) is 1. The van der Waals surface area contributed by atoms with Gasteiger partial charge in [-0.15, -0.1) is 11.3 Å². The van der Waals surface area contributed by atoms with Gasteiger partial charge in [0.25, 0.3) is 0 Å². The summed E-state index contributed by atoms with van der Waals surface area (Å²) in [6.45, 7) is 3.95. The normalized spacial score (nSPS) is 12.1. The SMILES string of the molecule is CCCC(C#N)=C(N)c1csc(C)n1. The molecular formula is C10H13N3S. The van der Waals surface area contributed by atoms with Crippen LogP contribution in [0.5, 0.6) is 0 Å². The zero-order chi connectivity index (χ0) is 10.6. The molecule has 3 nitrogen and oxygen atoms in total. The number of nitrogens with zero attached hydrogens (tertiary/aromatic N) is 2. The van der Waals surface area contributed by atoms with Gasteiger partial charge in [-0.25, -0.2) is 4.98 Å². The van der Waals surface area contributed by atoms with Gasteiger partial charge in [-0.2, -0.15) is 5.26 Å². The van der Waals surface area contributed by atoms with E-state index in [9.17, 15) is 0 Å². The second-order valence-corrected chi connectivity index (χ2v) is 4.07. The zero-order valence-electron chi connectivity index (χ0n) is 8.37. The molecular weight excluding hydrogens is 194 g/mol. The summed E-state index contributed by atoms with van der Waals surface area (Å²) in [6.07, 6.45) is 1.64. The summed E-state index contributed by atoms with van der Waals surface area (Å²) in [5, 5.41) is 11.7. The van der Waals surface area contributed by atoms with Gasteiger partial charge in [-0.3, -0.25) is 0 Å². The van der Waals surface area contributed by atoms with Crippen LogP contribution in [0.4, 0.5) is 0 Å². The smallest absolute Gasteiger partial charge is 0.0981 e. The van der Waals surface area contributed by atoms with Crippen molar-refractivity contribution in [2.45, 2.75) is 26.7 Å². The van der Waals surface area contributed by atoms with Crippen LogP contribution in [0, 0.1) is 18.3 Å². The van der Waals surface area contributed by atoms with Gasteiger partial charge in [0.05, 0.1) is 28.0 Å². The molecule has 0 aliphatic rings. The van der Waals surface area contributed by atoms with E-state index < -0.39 is 0 Å². The number of allylic oxidation sites excluding steroid dienone is 1. The molecule has 0 aromatic carbocycles. The van der Waals surface area contributed by atoms with E-state index in [0.29, 0.717) is 11.3 Å². The van der Waals surface area contributed by atoms with E-state index in [4.69, 9.17) is 11.0 Å². The standard InChI is InChI=1S/C10H13N3S/c1-3-4-8(5-11)10(12)9-6-14-7(2)13-9/h6H,3-4,12H2,1-2H3. The lowest BCUT2D eigenvalue weighted by Crippen LogP contribution is -2.01. The highest BCUT2D eigenvalue weighted by Crippen LogP contribution is 2.18. The molecule has 14 heavy (non-hydrogen) atoms. The monoisotopic (exact) mass is 207 g/mol. The molecule has 0 spiro atoms. The second kappa shape index (κ2) is 4.77. The quantitative estimate of drug-likeness (QED) is 0.774. The number of hydrogen-bond acceptors (Lipinski definition) is 4. The third kappa shape index (κ3) is 2.33. The van der Waals surface area contributed by atoms with Crippen molar-refractivity contribution in [3.05, 3.63) is 21.7 Å². The van der Waals surface area contributed by atoms with Crippen molar-refractivity contribution in [3.63, 3.8) is 0 Å². The summed E-state index contributed by atoms with van der Waals surface area (Å²) < 4.78 is 0. The summed E-state index contributed by atoms with van der Waals surface area (Å²) in [4.78, 5) is 4.25. The summed E-state index contributed by atoms with van der Waals surface area (Å²) in [6, 6.07) is 2.13. The molecule has 0 fully saturated rings. The maximum absolute atomic E-state index is 8.88. The molecule has 1 aromatic rings. The van der Waals surface area contributed by atoms with Gasteiger partial charge in [0.2, 0.25) is 0 Å². The number of aromatic nitrogens is 1. The molecule has 0 radical (unpaired) electrons. The molecule has 74 valence electrons. The molecule has 1 rings (SSSR count). The highest BCUT2D eigenvalue weighted by atomic mass is 32.1. The van der Waals surface area contributed by atoms with E-state index >= 15 is 0 Å². The van der Waals surface area contributed by atoms with Gasteiger partial charge >= 0.3 is 0 Å². The van der Waals surface area contributed by atoms with Gasteiger partial charge in [0, 0.05) is 5.38 Å². The first-order valence-corrected chi connectivity index (χ1v) is 5.38. The van der Waals surface area contributed by atoms with Crippen molar-refractivity contribution in [1.82, 2.24) is 4.98 Å². The van der Waals surface area contributed by atoms with E-state index in [1.54, 1.807) is 11.3 Å². The molecule has 4 heteroatoms. The van der Waals surface area contributed by atoms with E-state index in [1.165, 1.54) is 0 Å². The predicted molar refractivity (Wildman–Crippen MR) is 58.5 cm³/mol. The molecule has 0 aliphatic heterocycles. The van der Waals surface area contributed by atoms with E-state index in [1.807, 2.05) is 19.2 Å². The first-order valence-electron chi connectivity index (χ1n) is 4.50. The molecule has 0 amide bonds. The molecule has 1 aromatic heterocycles. The molecule has 0 bridgehead atoms. The Bertz CT molecular complexity index is 384. The van der Waals surface area contributed by atoms with Gasteiger partial charge in [0.15, 0.2) is 0 Å². The van der Waals surface area contributed by atoms with Crippen LogP contribution in [0.15, 0.2) is 11.0 Å². The van der Waals surface area contributed by atoms with E-state index in [2.05, 4.69) is 11.1 Å². The van der Waals surface area contributed by atoms with Crippen LogP contribution < -0.4 is 5.73 Å². The first kappa shape index (κ1) is 10.7. The summed E-state index contributed by atoms with van der Waals surface area (Å²) in [7, 11) is 0. The molecule has 0 unspecified atom stereocenters. The third-order valence-corrected chi connectivity index (χ3v) is 2.63. The minimum Gasteiger partial charge on any atom is -0.396 e. The third-order valence-electron chi connectivity index (χ3n) is 1.86. The number of thiazole rings is 1. The van der Waals surface area contributed by atoms with Crippen LogP contribution in [0.3, 0.4) is 0 Å². The average molecular weight is 207 g/mol. The Morgan fingerprint density at radius 1 is 1.71 bits per heavy atom. The lowest BCUT2D eigenvalue weighted by atomic mass is 10.1. The fourth-order valence-corrected chi connectivity index (χ4v) is 1.76. The first-order chi connectivity index (χ1) is 6.69. The van der Waals surface area contributed by atoms with Crippen molar-refractivity contribution >= 4 is 17.0 Å². The van der Waals surface area contributed by atoms with Crippen molar-refractivity contribution in [2.75, 3.05) is 0 Å². The number of nitriles is 1. The zero-order valence-corrected chi connectivity index (χ0v) is 9.19. The fourth-order valence-electron chi connectivity index (χ4n) is 1.14. The lowest BCUT2D eigenvalue weighted by molar-refractivity contribution is 0.927. The van der Waals surface area contributed by atoms with Crippen LogP contribution >= 0.6 is 11.3 Å². The maximum Gasteiger partial charge on any atom is 0.0981 e. The molecule has 0 aliphatic carbocycles. The Morgan fingerprint density at radius 2 is 2.43 bits per heavy atom. The number of nitrogens with two attached hydrogens (primary N) is 1. The Morgan fingerprint density at radius 3 is 2.86 bits per heavy atom. The molecule has 0 saturated carbocycles. The highest BCUT2D eigenvalue weighted by Gasteiger charge is 2.07. The minimum absolute atomic E-state index is 0.527. The Hall–Kier alpha value is -1.34. The van der Waals surface area contributed by atoms with Crippen LogP contribution in [-0.4, -0.2) is 4.98 Å². The van der Waals surface area contributed by atoms with E-state index in [-0.39, 0.29) is 0 Å². The molecule has 1 heterocycles. The van der Waals surface area contributed by atoms with Crippen molar-refractivity contribution in [2.24, 2.45) is 5.73 Å². The highest BCUT2D eigenvalue weighted by molar-refractivity contribution is 7.09. The van der Waals surface area contributed by atoms with Gasteiger partial charge in [-0.05, 0) is 13.3 Å². The average Bonchev–Trinajstić information content (AvgIpc) is 2.60. The maximum atomic E-state index is 8.88. The van der Waals surface area contributed by atoms with E-state index in [0.717, 1.165) is 23.5 Å². The Labute approximate surface area is 87.9 Å². The predicted octanol–water partition coefficient (Wildman–Crippen LogP) is 2.45. The van der Waals surface area contributed by atoms with Crippen molar-refractivity contribution < 1.29 is 0 Å². The fraction of sp³-hybridized carbons (Fsp3) is 0.400. The van der Waals surface area contributed by atoms with Gasteiger partial charge < -0.3 is 5.73 Å². The minimum atomic E-state index is 0.527. The van der Waals surface area contributed by atoms with Gasteiger partial charge in [-0.1, -0.05) is 13.3 Å². The summed E-state index contributed by atoms with van der Waals surface area (Å²) in [5.74, 6) is 0. The number of aryl methyl sites for hydroxylation is 1. The topological polar surface area (TPSA) is 62.7 Å². The lowest BCUT2D eigenvalue weighted by Gasteiger charge is -2.00. The largest absolute Gasteiger partial charge is 0.396 e. The Kier molecular flexibility index (Phi) is 3.66. The van der Waals surface area contributed by atoms with Crippen molar-refractivity contribution in [3.8, 4) is 6.07 Å². The summed E-state index contributed by atoms with van der Waals surface area (Å²) in [5.41, 5.74) is 7.75. The van der Waals surface area contributed by atoms with Crippen LogP contribution in [-0.2, 0) is 0 Å². The molecule has 0 atom stereocenters. The van der Waals surface area contributed by atoms with Crippen molar-refractivity contribution in [1.29, 1.82) is 5.26 Å². The number of rotatable bonds is 3. The Balaban J connectivity index is 3.02. The van der Waals surface area contributed by atoms with Gasteiger partial charge in [0.1, 0.15) is 0 Å². The van der Waals surface area contributed by atoms with Crippen LogP contribution in [0.1, 0.15) is 30.5 Å². The second-order valence-electron chi connectivity index (χ2n) is 3.01. The van der Waals surface area contributed by atoms with Crippen LogP contribution in [0.25, 0.3) is 5.70 Å².